The number of thioether (sulfide) groups is 2. The van der Waals surface area contributed by atoms with Crippen LogP contribution in [0.2, 0.25) is 0 Å². The van der Waals surface area contributed by atoms with E-state index in [0.717, 1.165) is 34.5 Å². The van der Waals surface area contributed by atoms with E-state index >= 15 is 0 Å². The zero-order valence-electron chi connectivity index (χ0n) is 7.88. The molecule has 74 valence electrons. The van der Waals surface area contributed by atoms with Crippen LogP contribution in [0, 0.1) is 0 Å². The van der Waals surface area contributed by atoms with Crippen LogP contribution in [0.5, 0.6) is 0 Å². The Balaban J connectivity index is 3.10. The molecule has 1 nitrogen and oxygen atoms in total. The lowest BCUT2D eigenvalue weighted by molar-refractivity contribution is 0.685. The Hall–Kier alpha value is 0.850. The molecule has 0 amide bonds. The van der Waals surface area contributed by atoms with Gasteiger partial charge in [-0.25, -0.2) is 0 Å². The Kier molecular flexibility index (Phi) is 10.6. The average Bonchev–Trinajstić information content (AvgIpc) is 2.06. The summed E-state index contributed by atoms with van der Waals surface area (Å²) in [5, 5.41) is 0. The van der Waals surface area contributed by atoms with E-state index in [1.54, 1.807) is 0 Å². The molecule has 0 unspecified atom stereocenters. The average molecular weight is 226 g/mol. The Labute approximate surface area is 86.9 Å². The van der Waals surface area contributed by atoms with Crippen LogP contribution in [0.4, 0.5) is 0 Å². The third kappa shape index (κ3) is 8.94. The maximum atomic E-state index is 11.3. The van der Waals surface area contributed by atoms with Crippen LogP contribution in [-0.4, -0.2) is 38.7 Å². The smallest absolute Gasteiger partial charge is 0.0325 e. The summed E-state index contributed by atoms with van der Waals surface area (Å²) in [6.45, 7) is 4.28. The van der Waals surface area contributed by atoms with Crippen molar-refractivity contribution in [3.05, 3.63) is 0 Å². The standard InChI is InChI=1S/C8H18OS3/c1-3-10-5-7-12(9)8-6-11-4-2/h3-8H2,1-2H3. The first-order valence-electron chi connectivity index (χ1n) is 4.31. The lowest BCUT2D eigenvalue weighted by Gasteiger charge is -2.00. The summed E-state index contributed by atoms with van der Waals surface area (Å²) in [5.41, 5.74) is 0. The van der Waals surface area contributed by atoms with Crippen LogP contribution < -0.4 is 0 Å². The van der Waals surface area contributed by atoms with Crippen molar-refractivity contribution < 1.29 is 4.21 Å². The minimum Gasteiger partial charge on any atom is -0.260 e. The highest BCUT2D eigenvalue weighted by Crippen LogP contribution is 2.02. The summed E-state index contributed by atoms with van der Waals surface area (Å²) in [6, 6.07) is 0. The first kappa shape index (κ1) is 12.8. The highest BCUT2D eigenvalue weighted by molar-refractivity contribution is 8.01. The molecule has 0 saturated heterocycles. The molecule has 0 radical (unpaired) electrons. The quantitative estimate of drug-likeness (QED) is 0.591. The fourth-order valence-electron chi connectivity index (χ4n) is 0.694. The van der Waals surface area contributed by atoms with E-state index in [2.05, 4.69) is 13.8 Å². The lowest BCUT2D eigenvalue weighted by Crippen LogP contribution is -2.06. The molecule has 0 rings (SSSR count). The van der Waals surface area contributed by atoms with Crippen LogP contribution in [0.3, 0.4) is 0 Å². The molecule has 0 N–H and O–H groups in total. The summed E-state index contributed by atoms with van der Waals surface area (Å²) < 4.78 is 11.3. The summed E-state index contributed by atoms with van der Waals surface area (Å²) >= 11 is 3.75. The molecule has 0 atom stereocenters. The van der Waals surface area contributed by atoms with E-state index in [9.17, 15) is 4.21 Å². The molecule has 0 aromatic carbocycles. The first-order valence-corrected chi connectivity index (χ1v) is 8.11. The zero-order valence-corrected chi connectivity index (χ0v) is 10.3. The minimum atomic E-state index is -0.565. The monoisotopic (exact) mass is 226 g/mol. The van der Waals surface area contributed by atoms with E-state index in [0.29, 0.717) is 0 Å². The van der Waals surface area contributed by atoms with Crippen LogP contribution in [0.1, 0.15) is 13.8 Å². The van der Waals surface area contributed by atoms with Crippen molar-refractivity contribution >= 4 is 34.3 Å². The molecule has 0 heterocycles. The highest BCUT2D eigenvalue weighted by atomic mass is 32.2. The van der Waals surface area contributed by atoms with Gasteiger partial charge >= 0.3 is 0 Å². The fraction of sp³-hybridized carbons (Fsp3) is 1.00. The molecule has 0 aromatic heterocycles. The van der Waals surface area contributed by atoms with Crippen molar-refractivity contribution in [3.8, 4) is 0 Å². The van der Waals surface area contributed by atoms with Gasteiger partial charge in [-0.1, -0.05) is 13.8 Å². The molecule has 4 heteroatoms. The van der Waals surface area contributed by atoms with E-state index in [1.807, 2.05) is 23.5 Å². The predicted molar refractivity (Wildman–Crippen MR) is 63.9 cm³/mol. The second-order valence-corrected chi connectivity index (χ2v) is 6.73. The normalized spacial score (nSPS) is 10.9. The molecule has 0 spiro atoms. The molecule has 0 fully saturated rings. The molecular weight excluding hydrogens is 208 g/mol. The third-order valence-corrected chi connectivity index (χ3v) is 4.96. The van der Waals surface area contributed by atoms with Crippen LogP contribution in [0.25, 0.3) is 0 Å². The maximum absolute atomic E-state index is 11.3. The van der Waals surface area contributed by atoms with Crippen molar-refractivity contribution in [1.82, 2.24) is 0 Å². The van der Waals surface area contributed by atoms with E-state index < -0.39 is 10.8 Å². The largest absolute Gasteiger partial charge is 0.260 e. The van der Waals surface area contributed by atoms with Gasteiger partial charge in [-0.05, 0) is 11.5 Å². The Morgan fingerprint density at radius 2 is 1.42 bits per heavy atom. The fourth-order valence-corrected chi connectivity index (χ4v) is 3.91. The number of rotatable bonds is 8. The van der Waals surface area contributed by atoms with Gasteiger partial charge in [-0.15, -0.1) is 0 Å². The van der Waals surface area contributed by atoms with E-state index in [4.69, 9.17) is 0 Å². The summed E-state index contributed by atoms with van der Waals surface area (Å²) in [6.07, 6.45) is 0. The number of hydrogen-bond acceptors (Lipinski definition) is 3. The number of hydrogen-bond donors (Lipinski definition) is 0. The molecule has 0 saturated carbocycles. The Morgan fingerprint density at radius 1 is 1.00 bits per heavy atom. The first-order chi connectivity index (χ1) is 5.81. The third-order valence-electron chi connectivity index (χ3n) is 1.32. The molecule has 0 aliphatic heterocycles. The summed E-state index contributed by atoms with van der Waals surface area (Å²) in [5.74, 6) is 6.15. The summed E-state index contributed by atoms with van der Waals surface area (Å²) in [4.78, 5) is 0. The molecular formula is C8H18OS3. The van der Waals surface area contributed by atoms with Gasteiger partial charge in [0.25, 0.3) is 0 Å². The molecule has 12 heavy (non-hydrogen) atoms. The van der Waals surface area contributed by atoms with Crippen LogP contribution in [0.15, 0.2) is 0 Å². The molecule has 0 bridgehead atoms. The predicted octanol–water partition coefficient (Wildman–Crippen LogP) is 2.24. The highest BCUT2D eigenvalue weighted by Gasteiger charge is 1.98. The van der Waals surface area contributed by atoms with Crippen molar-refractivity contribution in [2.24, 2.45) is 0 Å². The molecule has 0 aromatic rings. The van der Waals surface area contributed by atoms with E-state index in [-0.39, 0.29) is 0 Å². The van der Waals surface area contributed by atoms with Gasteiger partial charge in [-0.3, -0.25) is 4.21 Å². The van der Waals surface area contributed by atoms with Crippen LogP contribution in [-0.2, 0) is 10.8 Å². The van der Waals surface area contributed by atoms with Crippen molar-refractivity contribution in [1.29, 1.82) is 0 Å². The van der Waals surface area contributed by atoms with Crippen molar-refractivity contribution in [2.45, 2.75) is 13.8 Å². The van der Waals surface area contributed by atoms with Gasteiger partial charge in [0.15, 0.2) is 0 Å². The summed E-state index contributed by atoms with van der Waals surface area (Å²) in [7, 11) is -0.565. The SMILES string of the molecule is CCSCCS(=O)CCSCC. The van der Waals surface area contributed by atoms with Gasteiger partial charge < -0.3 is 0 Å². The van der Waals surface area contributed by atoms with Gasteiger partial charge in [0, 0.05) is 33.8 Å². The van der Waals surface area contributed by atoms with Gasteiger partial charge in [0.05, 0.1) is 0 Å². The second kappa shape index (κ2) is 9.93. The molecule has 0 aliphatic rings. The van der Waals surface area contributed by atoms with Gasteiger partial charge in [0.2, 0.25) is 0 Å². The van der Waals surface area contributed by atoms with Crippen molar-refractivity contribution in [3.63, 3.8) is 0 Å². The van der Waals surface area contributed by atoms with Crippen LogP contribution >= 0.6 is 23.5 Å². The Morgan fingerprint density at radius 3 is 1.75 bits per heavy atom. The molecule has 0 aliphatic carbocycles. The minimum absolute atomic E-state index is 0.565. The van der Waals surface area contributed by atoms with Gasteiger partial charge in [-0.2, -0.15) is 23.5 Å². The van der Waals surface area contributed by atoms with Gasteiger partial charge in [0.1, 0.15) is 0 Å². The topological polar surface area (TPSA) is 17.1 Å². The Bertz CT molecular complexity index is 105. The van der Waals surface area contributed by atoms with E-state index in [1.165, 1.54) is 0 Å². The zero-order chi connectivity index (χ0) is 9.23. The maximum Gasteiger partial charge on any atom is 0.0325 e. The lowest BCUT2D eigenvalue weighted by atomic mass is 10.9. The van der Waals surface area contributed by atoms with Crippen molar-refractivity contribution in [2.75, 3.05) is 34.5 Å². The second-order valence-electron chi connectivity index (χ2n) is 2.24.